The summed E-state index contributed by atoms with van der Waals surface area (Å²) in [6, 6.07) is 6.00. The lowest BCUT2D eigenvalue weighted by Crippen LogP contribution is -2.11. The molecule has 0 radical (unpaired) electrons. The SMILES string of the molecule is Cc1nnc(NC(=O)c2ccc(O)cc2)s1. The van der Waals surface area contributed by atoms with Gasteiger partial charge in [0, 0.05) is 5.56 Å². The van der Waals surface area contributed by atoms with Gasteiger partial charge < -0.3 is 5.11 Å². The lowest BCUT2D eigenvalue weighted by atomic mass is 10.2. The van der Waals surface area contributed by atoms with Gasteiger partial charge in [-0.2, -0.15) is 0 Å². The molecule has 16 heavy (non-hydrogen) atoms. The molecule has 0 atom stereocenters. The average Bonchev–Trinajstić information content (AvgIpc) is 2.65. The van der Waals surface area contributed by atoms with Crippen molar-refractivity contribution in [1.29, 1.82) is 0 Å². The van der Waals surface area contributed by atoms with Gasteiger partial charge in [0.05, 0.1) is 0 Å². The molecular formula is C10H9N3O2S. The molecule has 5 nitrogen and oxygen atoms in total. The minimum Gasteiger partial charge on any atom is -0.508 e. The van der Waals surface area contributed by atoms with E-state index in [4.69, 9.17) is 5.11 Å². The van der Waals surface area contributed by atoms with Crippen molar-refractivity contribution >= 4 is 22.4 Å². The highest BCUT2D eigenvalue weighted by molar-refractivity contribution is 7.15. The molecule has 0 saturated carbocycles. The highest BCUT2D eigenvalue weighted by Crippen LogP contribution is 2.16. The minimum absolute atomic E-state index is 0.128. The summed E-state index contributed by atoms with van der Waals surface area (Å²) in [7, 11) is 0. The van der Waals surface area contributed by atoms with Crippen molar-refractivity contribution in [1.82, 2.24) is 10.2 Å². The Balaban J connectivity index is 2.11. The normalized spacial score (nSPS) is 10.1. The molecule has 0 bridgehead atoms. The number of benzene rings is 1. The van der Waals surface area contributed by atoms with Gasteiger partial charge in [0.1, 0.15) is 10.8 Å². The van der Waals surface area contributed by atoms with Crippen LogP contribution in [0.25, 0.3) is 0 Å². The summed E-state index contributed by atoms with van der Waals surface area (Å²) in [5.74, 6) is -0.139. The van der Waals surface area contributed by atoms with E-state index in [1.807, 2.05) is 6.92 Å². The van der Waals surface area contributed by atoms with E-state index >= 15 is 0 Å². The number of aryl methyl sites for hydroxylation is 1. The zero-order valence-corrected chi connectivity index (χ0v) is 9.28. The standard InChI is InChI=1S/C10H9N3O2S/c1-6-12-13-10(16-6)11-9(15)7-2-4-8(14)5-3-7/h2-5,14H,1H3,(H,11,13,15). The average molecular weight is 235 g/mol. The van der Waals surface area contributed by atoms with Crippen molar-refractivity contribution in [2.45, 2.75) is 6.92 Å². The first kappa shape index (κ1) is 10.6. The monoisotopic (exact) mass is 235 g/mol. The lowest BCUT2D eigenvalue weighted by molar-refractivity contribution is 0.102. The molecule has 0 saturated heterocycles. The predicted octanol–water partition coefficient (Wildman–Crippen LogP) is 1.80. The van der Waals surface area contributed by atoms with Crippen LogP contribution in [0.3, 0.4) is 0 Å². The van der Waals surface area contributed by atoms with Crippen LogP contribution in [0.2, 0.25) is 0 Å². The molecule has 2 rings (SSSR count). The summed E-state index contributed by atoms with van der Waals surface area (Å²) in [5, 5.41) is 20.5. The highest BCUT2D eigenvalue weighted by atomic mass is 32.1. The Labute approximate surface area is 95.8 Å². The van der Waals surface area contributed by atoms with Gasteiger partial charge in [-0.3, -0.25) is 10.1 Å². The van der Waals surface area contributed by atoms with Crippen LogP contribution in [0.1, 0.15) is 15.4 Å². The van der Waals surface area contributed by atoms with Crippen LogP contribution in [-0.2, 0) is 0 Å². The number of hydrogen-bond donors (Lipinski definition) is 2. The zero-order valence-electron chi connectivity index (χ0n) is 8.47. The fourth-order valence-electron chi connectivity index (χ4n) is 1.13. The molecule has 6 heteroatoms. The number of hydrogen-bond acceptors (Lipinski definition) is 5. The van der Waals surface area contributed by atoms with Crippen LogP contribution >= 0.6 is 11.3 Å². The second kappa shape index (κ2) is 4.28. The van der Waals surface area contributed by atoms with Crippen LogP contribution in [0, 0.1) is 6.92 Å². The number of rotatable bonds is 2. The number of amides is 1. The summed E-state index contributed by atoms with van der Waals surface area (Å²) >= 11 is 1.31. The first-order valence-corrected chi connectivity index (χ1v) is 5.37. The van der Waals surface area contributed by atoms with Gasteiger partial charge in [0.15, 0.2) is 0 Å². The lowest BCUT2D eigenvalue weighted by Gasteiger charge is -2.00. The molecule has 0 fully saturated rings. The van der Waals surface area contributed by atoms with Crippen molar-refractivity contribution < 1.29 is 9.90 Å². The molecular weight excluding hydrogens is 226 g/mol. The van der Waals surface area contributed by atoms with Crippen molar-refractivity contribution in [2.24, 2.45) is 0 Å². The number of phenols is 1. The Bertz CT molecular complexity index is 507. The Morgan fingerprint density at radius 3 is 2.56 bits per heavy atom. The summed E-state index contributed by atoms with van der Waals surface area (Å²) in [4.78, 5) is 11.7. The van der Waals surface area contributed by atoms with Gasteiger partial charge in [0.2, 0.25) is 5.13 Å². The first-order chi connectivity index (χ1) is 7.65. The van der Waals surface area contributed by atoms with Gasteiger partial charge >= 0.3 is 0 Å². The van der Waals surface area contributed by atoms with E-state index in [2.05, 4.69) is 15.5 Å². The second-order valence-electron chi connectivity index (χ2n) is 3.13. The molecule has 2 N–H and O–H groups in total. The number of carbonyl (C=O) groups excluding carboxylic acids is 1. The summed E-state index contributed by atoms with van der Waals surface area (Å²) in [5.41, 5.74) is 0.464. The smallest absolute Gasteiger partial charge is 0.257 e. The van der Waals surface area contributed by atoms with Crippen LogP contribution in [0.15, 0.2) is 24.3 Å². The number of nitrogens with zero attached hydrogens (tertiary/aromatic N) is 2. The van der Waals surface area contributed by atoms with Gasteiger partial charge in [-0.25, -0.2) is 0 Å². The minimum atomic E-state index is -0.267. The van der Waals surface area contributed by atoms with Crippen molar-refractivity contribution in [2.75, 3.05) is 5.32 Å². The molecule has 1 heterocycles. The second-order valence-corrected chi connectivity index (χ2v) is 4.31. The van der Waals surface area contributed by atoms with Crippen molar-refractivity contribution in [3.05, 3.63) is 34.8 Å². The molecule has 0 unspecified atom stereocenters. The van der Waals surface area contributed by atoms with Gasteiger partial charge in [-0.05, 0) is 31.2 Å². The summed E-state index contributed by atoms with van der Waals surface area (Å²) in [6.45, 7) is 1.81. The number of aromatic nitrogens is 2. The Morgan fingerprint density at radius 1 is 1.31 bits per heavy atom. The Hall–Kier alpha value is -1.95. The molecule has 82 valence electrons. The van der Waals surface area contributed by atoms with E-state index in [1.165, 1.54) is 23.5 Å². The van der Waals surface area contributed by atoms with Crippen molar-refractivity contribution in [3.63, 3.8) is 0 Å². The van der Waals surface area contributed by atoms with E-state index in [1.54, 1.807) is 12.1 Å². The molecule has 0 spiro atoms. The third-order valence-corrected chi connectivity index (χ3v) is 2.63. The number of anilines is 1. The van der Waals surface area contributed by atoms with Gasteiger partial charge in [-0.15, -0.1) is 10.2 Å². The maximum absolute atomic E-state index is 11.7. The van der Waals surface area contributed by atoms with E-state index in [0.29, 0.717) is 10.7 Å². The molecule has 1 amide bonds. The van der Waals surface area contributed by atoms with E-state index in [-0.39, 0.29) is 11.7 Å². The number of phenolic OH excluding ortho intramolecular Hbond substituents is 1. The van der Waals surface area contributed by atoms with E-state index < -0.39 is 0 Å². The topological polar surface area (TPSA) is 75.1 Å². The molecule has 0 aliphatic rings. The van der Waals surface area contributed by atoms with E-state index in [0.717, 1.165) is 5.01 Å². The van der Waals surface area contributed by atoms with E-state index in [9.17, 15) is 4.79 Å². The van der Waals surface area contributed by atoms with Gasteiger partial charge in [-0.1, -0.05) is 11.3 Å². The number of aromatic hydroxyl groups is 1. The third-order valence-electron chi connectivity index (χ3n) is 1.88. The Kier molecular flexibility index (Phi) is 2.82. The molecule has 1 aromatic heterocycles. The van der Waals surface area contributed by atoms with Crippen molar-refractivity contribution in [3.8, 4) is 5.75 Å². The quantitative estimate of drug-likeness (QED) is 0.832. The first-order valence-electron chi connectivity index (χ1n) is 4.55. The van der Waals surface area contributed by atoms with Crippen LogP contribution in [-0.4, -0.2) is 21.2 Å². The number of carbonyl (C=O) groups is 1. The maximum atomic E-state index is 11.7. The Morgan fingerprint density at radius 2 is 2.00 bits per heavy atom. The fraction of sp³-hybridized carbons (Fsp3) is 0.100. The molecule has 0 aliphatic heterocycles. The van der Waals surface area contributed by atoms with Crippen LogP contribution in [0.4, 0.5) is 5.13 Å². The van der Waals surface area contributed by atoms with Crippen LogP contribution < -0.4 is 5.32 Å². The molecule has 2 aromatic rings. The summed E-state index contributed by atoms with van der Waals surface area (Å²) < 4.78 is 0. The number of nitrogens with one attached hydrogen (secondary N) is 1. The van der Waals surface area contributed by atoms with Gasteiger partial charge in [0.25, 0.3) is 5.91 Å². The fourth-order valence-corrected chi connectivity index (χ4v) is 1.72. The largest absolute Gasteiger partial charge is 0.508 e. The maximum Gasteiger partial charge on any atom is 0.257 e. The molecule has 0 aliphatic carbocycles. The third kappa shape index (κ3) is 2.34. The predicted molar refractivity (Wildman–Crippen MR) is 60.7 cm³/mol. The highest BCUT2D eigenvalue weighted by Gasteiger charge is 2.08. The van der Waals surface area contributed by atoms with Crippen LogP contribution in [0.5, 0.6) is 5.75 Å². The molecule has 1 aromatic carbocycles. The summed E-state index contributed by atoms with van der Waals surface area (Å²) in [6.07, 6.45) is 0. The zero-order chi connectivity index (χ0) is 11.5.